The molecule has 0 aromatic rings. The van der Waals surface area contributed by atoms with Crippen LogP contribution in [0.15, 0.2) is 0 Å². The van der Waals surface area contributed by atoms with E-state index in [1.807, 2.05) is 0 Å². The Labute approximate surface area is 355 Å². The molecule has 338 valence electrons. The summed E-state index contributed by atoms with van der Waals surface area (Å²) in [6.45, 7) is 9.00. The third kappa shape index (κ3) is 45.3. The van der Waals surface area contributed by atoms with E-state index in [4.69, 9.17) is 14.2 Å². The molecule has 0 heterocycles. The highest BCUT2D eigenvalue weighted by atomic mass is 16.6. The molecule has 0 bridgehead atoms. The Bertz CT molecular complexity index is 857. The molecule has 0 fully saturated rings. The third-order valence-electron chi connectivity index (χ3n) is 11.5. The normalized spacial score (nSPS) is 11.9. The summed E-state index contributed by atoms with van der Waals surface area (Å²) >= 11 is 0. The smallest absolute Gasteiger partial charge is 0.306 e. The molecule has 0 aliphatic rings. The Hall–Kier alpha value is -1.59. The quantitative estimate of drug-likeness (QED) is 0.0346. The average Bonchev–Trinajstić information content (AvgIpc) is 3.19. The largest absolute Gasteiger partial charge is 0.462 e. The van der Waals surface area contributed by atoms with Crippen LogP contribution in [0, 0.1) is 5.92 Å². The standard InChI is InChI=1S/C51H98O6/c1-5-7-9-11-13-15-17-18-19-20-22-27-31-35-39-43-50(53)56-46-48(45-55-49(52)42-38-34-30-26-21-16-14-12-10-8-6-2)57-51(54)44-40-36-32-28-24-23-25-29-33-37-41-47(3)4/h47-48H,5-46H2,1-4H3/t48-/m1/s1. The van der Waals surface area contributed by atoms with Gasteiger partial charge in [-0.3, -0.25) is 14.4 Å². The topological polar surface area (TPSA) is 78.9 Å². The molecule has 0 unspecified atom stereocenters. The molecule has 0 aliphatic carbocycles. The Morgan fingerprint density at radius 3 is 0.860 bits per heavy atom. The predicted octanol–water partition coefficient (Wildman–Crippen LogP) is 16.3. The summed E-state index contributed by atoms with van der Waals surface area (Å²) in [5.74, 6) is -0.0305. The number of unbranched alkanes of at least 4 members (excludes halogenated alkanes) is 33. The number of carbonyl (C=O) groups is 3. The van der Waals surface area contributed by atoms with Crippen molar-refractivity contribution < 1.29 is 28.6 Å². The first-order valence-corrected chi connectivity index (χ1v) is 25.4. The molecule has 6 nitrogen and oxygen atoms in total. The number of hydrogen-bond acceptors (Lipinski definition) is 6. The lowest BCUT2D eigenvalue weighted by Crippen LogP contribution is -2.30. The van der Waals surface area contributed by atoms with Gasteiger partial charge in [0.15, 0.2) is 6.10 Å². The first kappa shape index (κ1) is 55.4. The van der Waals surface area contributed by atoms with E-state index in [0.717, 1.165) is 63.7 Å². The van der Waals surface area contributed by atoms with E-state index in [0.29, 0.717) is 19.3 Å². The van der Waals surface area contributed by atoms with Crippen molar-refractivity contribution in [1.82, 2.24) is 0 Å². The van der Waals surface area contributed by atoms with Crippen LogP contribution in [0.5, 0.6) is 0 Å². The van der Waals surface area contributed by atoms with Gasteiger partial charge in [-0.1, -0.05) is 246 Å². The van der Waals surface area contributed by atoms with E-state index in [2.05, 4.69) is 27.7 Å². The fourth-order valence-electron chi connectivity index (χ4n) is 7.69. The number of hydrogen-bond donors (Lipinski definition) is 0. The maximum Gasteiger partial charge on any atom is 0.306 e. The van der Waals surface area contributed by atoms with E-state index in [1.165, 1.54) is 180 Å². The van der Waals surface area contributed by atoms with Crippen LogP contribution in [0.25, 0.3) is 0 Å². The summed E-state index contributed by atoms with van der Waals surface area (Å²) in [6, 6.07) is 0. The molecule has 0 aromatic heterocycles. The van der Waals surface area contributed by atoms with Crippen molar-refractivity contribution in [2.75, 3.05) is 13.2 Å². The first-order chi connectivity index (χ1) is 27.9. The zero-order valence-electron chi connectivity index (χ0n) is 38.8. The lowest BCUT2D eigenvalue weighted by Gasteiger charge is -2.18. The van der Waals surface area contributed by atoms with Crippen LogP contribution >= 0.6 is 0 Å². The summed E-state index contributed by atoms with van der Waals surface area (Å²) in [7, 11) is 0. The highest BCUT2D eigenvalue weighted by Gasteiger charge is 2.19. The fraction of sp³-hybridized carbons (Fsp3) is 0.941. The van der Waals surface area contributed by atoms with Gasteiger partial charge in [-0.15, -0.1) is 0 Å². The van der Waals surface area contributed by atoms with Gasteiger partial charge >= 0.3 is 17.9 Å². The molecule has 0 amide bonds. The molecular formula is C51H98O6. The summed E-state index contributed by atoms with van der Waals surface area (Å²) in [5, 5.41) is 0. The van der Waals surface area contributed by atoms with E-state index in [1.54, 1.807) is 0 Å². The molecule has 57 heavy (non-hydrogen) atoms. The van der Waals surface area contributed by atoms with Gasteiger partial charge in [-0.25, -0.2) is 0 Å². The minimum Gasteiger partial charge on any atom is -0.462 e. The molecule has 0 spiro atoms. The SMILES string of the molecule is CCCCCCCCCCCCCCCCCC(=O)OC[C@@H](COC(=O)CCCCCCCCCCCCC)OC(=O)CCCCCCCCCCCCC(C)C. The van der Waals surface area contributed by atoms with Gasteiger partial charge in [0.2, 0.25) is 0 Å². The molecule has 1 atom stereocenters. The van der Waals surface area contributed by atoms with Crippen LogP contribution in [0.4, 0.5) is 0 Å². The minimum absolute atomic E-state index is 0.0630. The maximum absolute atomic E-state index is 12.8. The van der Waals surface area contributed by atoms with Crippen LogP contribution < -0.4 is 0 Å². The van der Waals surface area contributed by atoms with Crippen molar-refractivity contribution in [3.63, 3.8) is 0 Å². The molecule has 0 aromatic carbocycles. The van der Waals surface area contributed by atoms with Crippen LogP contribution in [0.1, 0.15) is 285 Å². The van der Waals surface area contributed by atoms with E-state index in [9.17, 15) is 14.4 Å². The van der Waals surface area contributed by atoms with E-state index < -0.39 is 6.10 Å². The van der Waals surface area contributed by atoms with E-state index >= 15 is 0 Å². The maximum atomic E-state index is 12.8. The second kappa shape index (κ2) is 45.5. The van der Waals surface area contributed by atoms with Crippen molar-refractivity contribution in [3.05, 3.63) is 0 Å². The Morgan fingerprint density at radius 1 is 0.333 bits per heavy atom. The van der Waals surface area contributed by atoms with Crippen LogP contribution in [0.2, 0.25) is 0 Å². The molecule has 0 radical (unpaired) electrons. The van der Waals surface area contributed by atoms with Crippen molar-refractivity contribution >= 4 is 17.9 Å². The third-order valence-corrected chi connectivity index (χ3v) is 11.5. The molecule has 0 N–H and O–H groups in total. The fourth-order valence-corrected chi connectivity index (χ4v) is 7.69. The molecule has 0 rings (SSSR count). The highest BCUT2D eigenvalue weighted by Crippen LogP contribution is 2.17. The van der Waals surface area contributed by atoms with Gasteiger partial charge in [0, 0.05) is 19.3 Å². The minimum atomic E-state index is -0.760. The Kier molecular flexibility index (Phi) is 44.2. The number of ether oxygens (including phenoxy) is 3. The van der Waals surface area contributed by atoms with Gasteiger partial charge in [-0.05, 0) is 25.2 Å². The van der Waals surface area contributed by atoms with Crippen LogP contribution in [-0.4, -0.2) is 37.2 Å². The lowest BCUT2D eigenvalue weighted by atomic mass is 10.0. The number of carbonyl (C=O) groups excluding carboxylic acids is 3. The van der Waals surface area contributed by atoms with Crippen molar-refractivity contribution in [1.29, 1.82) is 0 Å². The molecule has 0 saturated carbocycles. The molecule has 6 heteroatoms. The summed E-state index contributed by atoms with van der Waals surface area (Å²) in [4.78, 5) is 37.9. The monoisotopic (exact) mass is 807 g/mol. The number of esters is 3. The van der Waals surface area contributed by atoms with Crippen LogP contribution in [0.3, 0.4) is 0 Å². The first-order valence-electron chi connectivity index (χ1n) is 25.4. The second-order valence-electron chi connectivity index (χ2n) is 17.9. The van der Waals surface area contributed by atoms with Gasteiger partial charge in [0.05, 0.1) is 0 Å². The average molecular weight is 807 g/mol. The summed E-state index contributed by atoms with van der Waals surface area (Å²) in [5.41, 5.74) is 0. The zero-order valence-corrected chi connectivity index (χ0v) is 38.8. The van der Waals surface area contributed by atoms with Gasteiger partial charge in [0.1, 0.15) is 13.2 Å². The van der Waals surface area contributed by atoms with Crippen molar-refractivity contribution in [2.45, 2.75) is 291 Å². The summed E-state index contributed by atoms with van der Waals surface area (Å²) < 4.78 is 16.8. The molecule has 0 aliphatic heterocycles. The zero-order chi connectivity index (χ0) is 41.7. The second-order valence-corrected chi connectivity index (χ2v) is 17.9. The van der Waals surface area contributed by atoms with Gasteiger partial charge in [0.25, 0.3) is 0 Å². The predicted molar refractivity (Wildman–Crippen MR) is 243 cm³/mol. The van der Waals surface area contributed by atoms with Gasteiger partial charge in [-0.2, -0.15) is 0 Å². The van der Waals surface area contributed by atoms with Crippen molar-refractivity contribution in [3.8, 4) is 0 Å². The van der Waals surface area contributed by atoms with Crippen molar-refractivity contribution in [2.24, 2.45) is 5.92 Å². The molecular weight excluding hydrogens is 709 g/mol. The Balaban J connectivity index is 4.30. The summed E-state index contributed by atoms with van der Waals surface area (Å²) in [6.07, 6.45) is 46.5. The van der Waals surface area contributed by atoms with Gasteiger partial charge < -0.3 is 14.2 Å². The Morgan fingerprint density at radius 2 is 0.579 bits per heavy atom. The number of rotatable bonds is 46. The van der Waals surface area contributed by atoms with E-state index in [-0.39, 0.29) is 31.1 Å². The highest BCUT2D eigenvalue weighted by molar-refractivity contribution is 5.71. The van der Waals surface area contributed by atoms with Crippen LogP contribution in [-0.2, 0) is 28.6 Å². The molecule has 0 saturated heterocycles. The lowest BCUT2D eigenvalue weighted by molar-refractivity contribution is -0.167.